The minimum atomic E-state index is -1.05. The molecule has 1 aromatic heterocycles. The van der Waals surface area contributed by atoms with Crippen LogP contribution in [0.5, 0.6) is 0 Å². The summed E-state index contributed by atoms with van der Waals surface area (Å²) in [7, 11) is 0. The number of anilines is 1. The van der Waals surface area contributed by atoms with Crippen LogP contribution in [0, 0.1) is 96.7 Å². The molecule has 3 N–H and O–H groups in total. The number of allylic oxidation sites excluding steroid dienone is 3. The Balaban J connectivity index is 0.000000935. The van der Waals surface area contributed by atoms with E-state index in [2.05, 4.69) is 89.2 Å². The summed E-state index contributed by atoms with van der Waals surface area (Å²) >= 11 is 1.26. The lowest BCUT2D eigenvalue weighted by Gasteiger charge is -2.68. The molecular formula is C49H66N2O5S. The van der Waals surface area contributed by atoms with Crippen molar-refractivity contribution in [2.75, 3.05) is 5.32 Å². The Morgan fingerprint density at radius 1 is 0.825 bits per heavy atom. The molecule has 1 amide bonds. The summed E-state index contributed by atoms with van der Waals surface area (Å²) in [5.41, 5.74) is 2.90. The highest BCUT2D eigenvalue weighted by atomic mass is 32.1. The molecule has 1 heterocycles. The van der Waals surface area contributed by atoms with Gasteiger partial charge in [-0.3, -0.25) is 4.79 Å². The fourth-order valence-corrected chi connectivity index (χ4v) is 13.2. The van der Waals surface area contributed by atoms with Crippen LogP contribution in [0.15, 0.2) is 43.0 Å². The van der Waals surface area contributed by atoms with E-state index in [9.17, 15) is 24.6 Å². The average Bonchev–Trinajstić information content (AvgIpc) is 3.82. The number of benzene rings is 1. The van der Waals surface area contributed by atoms with E-state index in [1.807, 2.05) is 32.9 Å². The van der Waals surface area contributed by atoms with E-state index in [4.69, 9.17) is 0 Å². The molecule has 7 nitrogen and oxygen atoms in total. The molecule has 57 heavy (non-hydrogen) atoms. The van der Waals surface area contributed by atoms with Crippen LogP contribution in [0.4, 0.5) is 5.13 Å². The molecule has 1 aromatic carbocycles. The number of thiazole rings is 1. The highest BCUT2D eigenvalue weighted by Crippen LogP contribution is 2.73. The van der Waals surface area contributed by atoms with E-state index in [0.717, 1.165) is 44.1 Å². The number of hydrogen-bond acceptors (Lipinski definition) is 5. The molecular weight excluding hydrogens is 729 g/mol. The van der Waals surface area contributed by atoms with Crippen LogP contribution in [0.25, 0.3) is 5.57 Å². The summed E-state index contributed by atoms with van der Waals surface area (Å²) in [6.45, 7) is 21.0. The number of fused-ring (bicyclic) bond motifs is 7. The van der Waals surface area contributed by atoms with Crippen molar-refractivity contribution in [1.29, 1.82) is 0 Å². The van der Waals surface area contributed by atoms with Crippen molar-refractivity contribution >= 4 is 39.9 Å². The van der Waals surface area contributed by atoms with Crippen molar-refractivity contribution in [2.24, 2.45) is 51.2 Å². The molecule has 308 valence electrons. The topological polar surface area (TPSA) is 117 Å². The normalized spacial score (nSPS) is 30.8. The number of nitrogens with one attached hydrogen (secondary N) is 1. The lowest BCUT2D eigenvalue weighted by Crippen LogP contribution is -2.61. The number of carboxylic acids is 2. The Labute approximate surface area is 347 Å². The van der Waals surface area contributed by atoms with Gasteiger partial charge in [0.25, 0.3) is 0 Å². The number of amides is 1. The van der Waals surface area contributed by atoms with Gasteiger partial charge in [0.1, 0.15) is 0 Å². The number of hydrogen-bond donors (Lipinski definition) is 3. The van der Waals surface area contributed by atoms with Gasteiger partial charge in [0.15, 0.2) is 10.8 Å². The van der Waals surface area contributed by atoms with Crippen molar-refractivity contribution in [1.82, 2.24) is 4.98 Å². The monoisotopic (exact) mass is 794 g/mol. The highest BCUT2D eigenvalue weighted by molar-refractivity contribution is 7.16. The number of aromatic nitrogens is 1. The van der Waals surface area contributed by atoms with Gasteiger partial charge in [-0.15, -0.1) is 56.5 Å². The Morgan fingerprint density at radius 2 is 1.42 bits per heavy atom. The molecule has 5 aliphatic carbocycles. The van der Waals surface area contributed by atoms with E-state index in [-0.39, 0.29) is 33.3 Å². The molecule has 4 fully saturated rings. The van der Waals surface area contributed by atoms with Gasteiger partial charge >= 0.3 is 11.9 Å². The molecule has 0 aliphatic heterocycles. The third-order valence-corrected chi connectivity index (χ3v) is 15.1. The van der Waals surface area contributed by atoms with Gasteiger partial charge < -0.3 is 15.5 Å². The largest absolute Gasteiger partial charge is 0.478 e. The van der Waals surface area contributed by atoms with Gasteiger partial charge in [-0.25, -0.2) is 14.6 Å². The molecule has 0 spiro atoms. The first-order valence-electron chi connectivity index (χ1n) is 20.3. The molecule has 4 unspecified atom stereocenters. The van der Waals surface area contributed by atoms with E-state index < -0.39 is 11.9 Å². The standard InChI is InChI=1S/C38H48N2O5S.C3H6.C2H6.3C2H2/c1-21-30(32(43)44)39-34(46-21)40-33(45)38-17-6-7-27(38)24-12-13-29-36(4,26(24)15-20-38)19-16-28-35(2,3)25(14-18-37(28,29)5)22-8-10-23(11-9-22)31(41)42;1-3-2;4*1-2/h8-11,14,24,26-29H,6-7,12-13,15-20H2,1-5H3,(H,41,42)(H,43,44)(H,39,40,45);3H,1H2,2H3;1-2H3;3*1-2H/t24-,26?,27?,28?,29?,36-,37-,38-;;;;;/m0...../s1. The summed E-state index contributed by atoms with van der Waals surface area (Å²) in [4.78, 5) is 42.0. The Hall–Kier alpha value is -4.58. The minimum Gasteiger partial charge on any atom is -0.478 e. The van der Waals surface area contributed by atoms with E-state index in [0.29, 0.717) is 45.2 Å². The van der Waals surface area contributed by atoms with Crippen molar-refractivity contribution in [3.8, 4) is 38.5 Å². The first-order chi connectivity index (χ1) is 27.1. The first-order valence-corrected chi connectivity index (χ1v) is 21.1. The number of rotatable bonds is 5. The smallest absolute Gasteiger partial charge is 0.355 e. The van der Waals surface area contributed by atoms with E-state index in [1.165, 1.54) is 42.6 Å². The predicted octanol–water partition coefficient (Wildman–Crippen LogP) is 11.9. The molecule has 2 aromatic rings. The third-order valence-electron chi connectivity index (χ3n) is 14.2. The number of aromatic carboxylic acids is 2. The number of carboxylic acid groups (broad SMARTS) is 2. The van der Waals surface area contributed by atoms with Crippen LogP contribution in [0.3, 0.4) is 0 Å². The molecule has 8 heteroatoms. The zero-order chi connectivity index (χ0) is 43.5. The Morgan fingerprint density at radius 3 is 1.96 bits per heavy atom. The number of aryl methyl sites for hydroxylation is 1. The van der Waals surface area contributed by atoms with Crippen LogP contribution in [-0.4, -0.2) is 33.0 Å². The zero-order valence-corrected chi connectivity index (χ0v) is 36.4. The van der Waals surface area contributed by atoms with E-state index >= 15 is 0 Å². The van der Waals surface area contributed by atoms with Crippen molar-refractivity contribution in [3.05, 3.63) is 64.7 Å². The fourth-order valence-electron chi connectivity index (χ4n) is 12.4. The van der Waals surface area contributed by atoms with Crippen LogP contribution in [-0.2, 0) is 4.79 Å². The van der Waals surface area contributed by atoms with Gasteiger partial charge in [-0.05, 0) is 141 Å². The molecule has 7 rings (SSSR count). The summed E-state index contributed by atoms with van der Waals surface area (Å²) in [5.74, 6) is 0.830. The summed E-state index contributed by atoms with van der Waals surface area (Å²) in [5, 5.41) is 22.4. The lowest BCUT2D eigenvalue weighted by atomic mass is 9.36. The molecule has 0 bridgehead atoms. The lowest BCUT2D eigenvalue weighted by molar-refractivity contribution is -0.180. The van der Waals surface area contributed by atoms with Crippen LogP contribution in [0.1, 0.15) is 144 Å². The second-order valence-electron chi connectivity index (χ2n) is 16.7. The molecule has 0 saturated heterocycles. The molecule has 8 atom stereocenters. The minimum absolute atomic E-state index is 0.0180. The van der Waals surface area contributed by atoms with Crippen molar-refractivity contribution in [2.45, 2.75) is 120 Å². The Kier molecular flexibility index (Phi) is 17.2. The maximum absolute atomic E-state index is 14.1. The first kappa shape index (κ1) is 48.6. The second-order valence-corrected chi connectivity index (χ2v) is 17.9. The van der Waals surface area contributed by atoms with Crippen molar-refractivity contribution in [3.63, 3.8) is 0 Å². The maximum atomic E-state index is 14.1. The van der Waals surface area contributed by atoms with E-state index in [1.54, 1.807) is 25.1 Å². The summed E-state index contributed by atoms with van der Waals surface area (Å²) < 4.78 is 0. The SMILES string of the molecule is C#C.C#C.C#C.C=CC.CC.Cc1sc(NC(=O)[C@]23CCCC2[C@H]2CCC4[C@@](C)(CCC5C(C)(C)C(c6ccc(C(=O)O)cc6)=CC[C@@]54C)C2CC3)nc1C(=O)O. The molecule has 5 aliphatic rings. The quantitative estimate of drug-likeness (QED) is 0.205. The highest BCUT2D eigenvalue weighted by Gasteiger charge is 2.66. The number of terminal acetylenes is 3. The second kappa shape index (κ2) is 20.2. The average molecular weight is 795 g/mol. The van der Waals surface area contributed by atoms with Crippen LogP contribution < -0.4 is 5.32 Å². The Bertz CT molecular complexity index is 1800. The number of carbonyl (C=O) groups is 3. The number of nitrogens with zero attached hydrogens (tertiary/aromatic N) is 1. The van der Waals surface area contributed by atoms with Crippen LogP contribution >= 0.6 is 11.3 Å². The van der Waals surface area contributed by atoms with Gasteiger partial charge in [-0.1, -0.05) is 72.2 Å². The predicted molar refractivity (Wildman–Crippen MR) is 237 cm³/mol. The van der Waals surface area contributed by atoms with Crippen LogP contribution in [0.2, 0.25) is 0 Å². The number of carbonyl (C=O) groups excluding carboxylic acids is 1. The summed E-state index contributed by atoms with van der Waals surface area (Å²) in [6.07, 6.45) is 39.2. The third kappa shape index (κ3) is 8.81. The van der Waals surface area contributed by atoms with Gasteiger partial charge in [0.05, 0.1) is 11.0 Å². The maximum Gasteiger partial charge on any atom is 0.355 e. The zero-order valence-electron chi connectivity index (χ0n) is 35.6. The van der Waals surface area contributed by atoms with Crippen molar-refractivity contribution < 1.29 is 24.6 Å². The fraction of sp³-hybridized carbons (Fsp3) is 0.551. The molecule has 4 saturated carbocycles. The van der Waals surface area contributed by atoms with Gasteiger partial charge in [0, 0.05) is 4.88 Å². The summed E-state index contributed by atoms with van der Waals surface area (Å²) in [6, 6.07) is 7.45. The molecule has 0 radical (unpaired) electrons. The van der Waals surface area contributed by atoms with Gasteiger partial charge in [0.2, 0.25) is 5.91 Å². The van der Waals surface area contributed by atoms with Gasteiger partial charge in [-0.2, -0.15) is 0 Å².